The lowest BCUT2D eigenvalue weighted by Gasteiger charge is -2.35. The second-order valence-corrected chi connectivity index (χ2v) is 8.43. The van der Waals surface area contributed by atoms with E-state index in [9.17, 15) is 9.90 Å². The van der Waals surface area contributed by atoms with Crippen LogP contribution < -0.4 is 0 Å². The molecule has 1 N–H and O–H groups in total. The van der Waals surface area contributed by atoms with Crippen LogP contribution in [-0.2, 0) is 9.47 Å². The quantitative estimate of drug-likeness (QED) is 0.582. The molecule has 2 atom stereocenters. The van der Waals surface area contributed by atoms with Crippen molar-refractivity contribution in [2.45, 2.75) is 44.9 Å². The highest BCUT2D eigenvalue weighted by Gasteiger charge is 2.25. The number of methoxy groups -OCH3 is 2. The molecule has 1 aliphatic rings. The van der Waals surface area contributed by atoms with Gasteiger partial charge in [-0.1, -0.05) is 12.1 Å². The third-order valence-corrected chi connectivity index (χ3v) is 6.63. The molecule has 2 aromatic carbocycles. The van der Waals surface area contributed by atoms with E-state index in [1.807, 2.05) is 13.0 Å². The van der Waals surface area contributed by atoms with Crippen molar-refractivity contribution < 1.29 is 19.4 Å². The molecule has 2 unspecified atom stereocenters. The highest BCUT2D eigenvalue weighted by Crippen LogP contribution is 2.32. The summed E-state index contributed by atoms with van der Waals surface area (Å²) < 4.78 is 13.1. The molecule has 0 radical (unpaired) electrons. The molecule has 7 heteroatoms. The molecule has 32 heavy (non-hydrogen) atoms. The van der Waals surface area contributed by atoms with Crippen molar-refractivity contribution >= 4 is 17.0 Å². The molecular formula is C25H31N3O4. The Morgan fingerprint density at radius 3 is 2.50 bits per heavy atom. The minimum atomic E-state index is -0.959. The molecule has 0 bridgehead atoms. The maximum Gasteiger partial charge on any atom is 0.335 e. The SMILES string of the molecule is COC(C)c1nc2cc(C(=O)O)ccc2n1-c1cccc(C2CCN(C(C)OC)CC2)c1. The van der Waals surface area contributed by atoms with Gasteiger partial charge < -0.3 is 14.6 Å². The Bertz CT molecular complexity index is 1100. The second kappa shape index (κ2) is 9.40. The first kappa shape index (κ1) is 22.5. The van der Waals surface area contributed by atoms with E-state index in [0.717, 1.165) is 43.0 Å². The van der Waals surface area contributed by atoms with Crippen molar-refractivity contribution in [3.8, 4) is 5.69 Å². The van der Waals surface area contributed by atoms with E-state index in [4.69, 9.17) is 14.5 Å². The zero-order chi connectivity index (χ0) is 22.8. The molecule has 0 spiro atoms. The highest BCUT2D eigenvalue weighted by molar-refractivity contribution is 5.93. The van der Waals surface area contributed by atoms with E-state index >= 15 is 0 Å². The fraction of sp³-hybridized carbons (Fsp3) is 0.440. The average molecular weight is 438 g/mol. The van der Waals surface area contributed by atoms with Gasteiger partial charge in [0.15, 0.2) is 0 Å². The van der Waals surface area contributed by atoms with Gasteiger partial charge in [0.1, 0.15) is 18.2 Å². The second-order valence-electron chi connectivity index (χ2n) is 8.43. The predicted molar refractivity (Wildman–Crippen MR) is 123 cm³/mol. The van der Waals surface area contributed by atoms with E-state index in [1.165, 1.54) is 5.56 Å². The molecule has 7 nitrogen and oxygen atoms in total. The molecule has 1 aromatic heterocycles. The third-order valence-electron chi connectivity index (χ3n) is 6.63. The van der Waals surface area contributed by atoms with Crippen LogP contribution in [0.5, 0.6) is 0 Å². The zero-order valence-electron chi connectivity index (χ0n) is 19.1. The Labute approximate surface area is 188 Å². The van der Waals surface area contributed by atoms with Crippen LogP contribution >= 0.6 is 0 Å². The molecule has 1 fully saturated rings. The lowest BCUT2D eigenvalue weighted by atomic mass is 9.89. The summed E-state index contributed by atoms with van der Waals surface area (Å²) in [4.78, 5) is 18.5. The molecule has 3 aromatic rings. The Kier molecular flexibility index (Phi) is 6.60. The van der Waals surface area contributed by atoms with Crippen molar-refractivity contribution in [1.29, 1.82) is 0 Å². The molecule has 2 heterocycles. The summed E-state index contributed by atoms with van der Waals surface area (Å²) in [5.74, 6) is 0.289. The Morgan fingerprint density at radius 2 is 1.84 bits per heavy atom. The number of fused-ring (bicyclic) bond motifs is 1. The van der Waals surface area contributed by atoms with Gasteiger partial charge in [0.25, 0.3) is 0 Å². The summed E-state index contributed by atoms with van der Waals surface area (Å²) in [7, 11) is 3.41. The van der Waals surface area contributed by atoms with Crippen LogP contribution in [-0.4, -0.2) is 59.1 Å². The minimum absolute atomic E-state index is 0.147. The van der Waals surface area contributed by atoms with E-state index in [2.05, 4.69) is 40.7 Å². The number of carboxylic acids is 1. The van der Waals surface area contributed by atoms with Crippen molar-refractivity contribution in [2.24, 2.45) is 0 Å². The van der Waals surface area contributed by atoms with Crippen molar-refractivity contribution in [2.75, 3.05) is 27.3 Å². The van der Waals surface area contributed by atoms with Crippen LogP contribution in [0.15, 0.2) is 42.5 Å². The molecule has 4 rings (SSSR count). The minimum Gasteiger partial charge on any atom is -0.478 e. The van der Waals surface area contributed by atoms with E-state index in [1.54, 1.807) is 26.4 Å². The predicted octanol–water partition coefficient (Wildman–Crippen LogP) is 4.60. The Hall–Kier alpha value is -2.74. The first-order chi connectivity index (χ1) is 15.4. The van der Waals surface area contributed by atoms with Gasteiger partial charge in [-0.2, -0.15) is 0 Å². The van der Waals surface area contributed by atoms with E-state index < -0.39 is 5.97 Å². The van der Waals surface area contributed by atoms with Gasteiger partial charge in [-0.15, -0.1) is 0 Å². The van der Waals surface area contributed by atoms with Crippen molar-refractivity contribution in [1.82, 2.24) is 14.5 Å². The first-order valence-electron chi connectivity index (χ1n) is 11.1. The molecule has 0 aliphatic carbocycles. The maximum atomic E-state index is 11.4. The number of hydrogen-bond donors (Lipinski definition) is 1. The third kappa shape index (κ3) is 4.28. The average Bonchev–Trinajstić information content (AvgIpc) is 3.22. The van der Waals surface area contributed by atoms with Gasteiger partial charge in [0.05, 0.1) is 16.6 Å². The number of aromatic carboxylic acids is 1. The number of carbonyl (C=O) groups is 1. The number of imidazole rings is 1. The summed E-state index contributed by atoms with van der Waals surface area (Å²) in [6, 6.07) is 13.7. The number of rotatable bonds is 7. The number of piperidine rings is 1. The Balaban J connectivity index is 1.71. The molecular weight excluding hydrogens is 406 g/mol. The Morgan fingerprint density at radius 1 is 1.09 bits per heavy atom. The number of benzene rings is 2. The van der Waals surface area contributed by atoms with Crippen LogP contribution in [0.4, 0.5) is 0 Å². The van der Waals surface area contributed by atoms with Gasteiger partial charge in [0.2, 0.25) is 0 Å². The summed E-state index contributed by atoms with van der Waals surface area (Å²) in [6.07, 6.45) is 2.09. The van der Waals surface area contributed by atoms with Crippen LogP contribution in [0.25, 0.3) is 16.7 Å². The van der Waals surface area contributed by atoms with Crippen molar-refractivity contribution in [3.63, 3.8) is 0 Å². The maximum absolute atomic E-state index is 11.4. The largest absolute Gasteiger partial charge is 0.478 e. The van der Waals surface area contributed by atoms with Gasteiger partial charge >= 0.3 is 5.97 Å². The smallest absolute Gasteiger partial charge is 0.335 e. The van der Waals surface area contributed by atoms with Gasteiger partial charge in [0, 0.05) is 33.0 Å². The van der Waals surface area contributed by atoms with Crippen LogP contribution in [0.3, 0.4) is 0 Å². The lowest BCUT2D eigenvalue weighted by Crippen LogP contribution is -2.40. The van der Waals surface area contributed by atoms with Crippen LogP contribution in [0, 0.1) is 0 Å². The number of likely N-dealkylation sites (tertiary alicyclic amines) is 1. The molecule has 0 saturated carbocycles. The molecule has 1 saturated heterocycles. The summed E-state index contributed by atoms with van der Waals surface area (Å²) in [6.45, 7) is 6.08. The normalized spacial score (nSPS) is 17.5. The zero-order valence-corrected chi connectivity index (χ0v) is 19.1. The standard InChI is InChI=1S/C25H31N3O4/c1-16(31-3)24-26-22-15-20(25(29)30)8-9-23(22)28(24)21-7-5-6-19(14-21)18-10-12-27(13-11-18)17(2)32-4/h5-9,14-18H,10-13H2,1-4H3,(H,29,30). The molecule has 1 aliphatic heterocycles. The topological polar surface area (TPSA) is 76.8 Å². The van der Waals surface area contributed by atoms with Gasteiger partial charge in [-0.3, -0.25) is 9.47 Å². The molecule has 0 amide bonds. The fourth-order valence-corrected chi connectivity index (χ4v) is 4.54. The monoisotopic (exact) mass is 437 g/mol. The summed E-state index contributed by atoms with van der Waals surface area (Å²) in [5.41, 5.74) is 4.07. The number of carboxylic acid groups (broad SMARTS) is 1. The van der Waals surface area contributed by atoms with Crippen LogP contribution in [0.1, 0.15) is 60.5 Å². The number of nitrogens with zero attached hydrogens (tertiary/aromatic N) is 3. The number of aromatic nitrogens is 2. The number of ether oxygens (including phenoxy) is 2. The van der Waals surface area contributed by atoms with E-state index in [0.29, 0.717) is 11.4 Å². The van der Waals surface area contributed by atoms with Crippen molar-refractivity contribution in [3.05, 3.63) is 59.4 Å². The van der Waals surface area contributed by atoms with Crippen LogP contribution in [0.2, 0.25) is 0 Å². The number of hydrogen-bond acceptors (Lipinski definition) is 5. The highest BCUT2D eigenvalue weighted by atomic mass is 16.5. The fourth-order valence-electron chi connectivity index (χ4n) is 4.54. The van der Waals surface area contributed by atoms with Gasteiger partial charge in [-0.05, 0) is 68.5 Å². The first-order valence-corrected chi connectivity index (χ1v) is 11.1. The van der Waals surface area contributed by atoms with E-state index in [-0.39, 0.29) is 17.9 Å². The van der Waals surface area contributed by atoms with Gasteiger partial charge in [-0.25, -0.2) is 9.78 Å². The molecule has 170 valence electrons. The summed E-state index contributed by atoms with van der Waals surface area (Å²) >= 11 is 0. The lowest BCUT2D eigenvalue weighted by molar-refractivity contribution is -0.0305. The summed E-state index contributed by atoms with van der Waals surface area (Å²) in [5, 5.41) is 9.37.